The number of carboxylic acids is 1. The molecular weight excluding hydrogens is 198 g/mol. The first-order valence-electron chi connectivity index (χ1n) is 4.14. The van der Waals surface area contributed by atoms with Gasteiger partial charge in [-0.1, -0.05) is 12.1 Å². The summed E-state index contributed by atoms with van der Waals surface area (Å²) in [7, 11) is 0. The van der Waals surface area contributed by atoms with Crippen LogP contribution in [0.25, 0.3) is 0 Å². The number of benzene rings is 1. The van der Waals surface area contributed by atoms with Crippen LogP contribution < -0.4 is 10.8 Å². The summed E-state index contributed by atoms with van der Waals surface area (Å²) in [5.74, 6) is -3.73. The molecule has 0 saturated heterocycles. The van der Waals surface area contributed by atoms with Crippen molar-refractivity contribution in [1.82, 2.24) is 0 Å². The standard InChI is InChI=1S/C10H9NO4/c11-7-4-2-1-3-6(7)8(12)5-9(13)10(14)15/h1-4H,5,11H2,(H,14,15)/p-1. The molecule has 5 heteroatoms. The van der Waals surface area contributed by atoms with Crippen LogP contribution in [0.2, 0.25) is 0 Å². The third kappa shape index (κ3) is 2.63. The molecule has 15 heavy (non-hydrogen) atoms. The zero-order valence-electron chi connectivity index (χ0n) is 7.73. The third-order valence-corrected chi connectivity index (χ3v) is 1.81. The van der Waals surface area contributed by atoms with Crippen molar-refractivity contribution >= 4 is 23.2 Å². The summed E-state index contributed by atoms with van der Waals surface area (Å²) in [6.45, 7) is 0. The molecule has 0 fully saturated rings. The van der Waals surface area contributed by atoms with Gasteiger partial charge in [0.25, 0.3) is 0 Å². The average molecular weight is 206 g/mol. The Kier molecular flexibility index (Phi) is 3.17. The first-order valence-corrected chi connectivity index (χ1v) is 4.14. The number of ketones is 2. The second-order valence-corrected chi connectivity index (χ2v) is 2.90. The van der Waals surface area contributed by atoms with E-state index in [1.54, 1.807) is 12.1 Å². The van der Waals surface area contributed by atoms with E-state index in [-0.39, 0.29) is 11.3 Å². The van der Waals surface area contributed by atoms with E-state index in [2.05, 4.69) is 0 Å². The van der Waals surface area contributed by atoms with Crippen LogP contribution in [0.4, 0.5) is 5.69 Å². The molecule has 2 N–H and O–H groups in total. The second-order valence-electron chi connectivity index (χ2n) is 2.90. The molecule has 0 amide bonds. The Hall–Kier alpha value is -2.17. The van der Waals surface area contributed by atoms with Crippen molar-refractivity contribution in [2.45, 2.75) is 6.42 Å². The Labute approximate surface area is 85.5 Å². The molecule has 0 spiro atoms. The summed E-state index contributed by atoms with van der Waals surface area (Å²) in [6, 6.07) is 6.14. The topological polar surface area (TPSA) is 100 Å². The monoisotopic (exact) mass is 206 g/mol. The Morgan fingerprint density at radius 2 is 1.80 bits per heavy atom. The van der Waals surface area contributed by atoms with Gasteiger partial charge in [0.05, 0.1) is 6.42 Å². The molecule has 0 aromatic heterocycles. The number of nitrogens with two attached hydrogens (primary N) is 1. The SMILES string of the molecule is Nc1ccccc1C(=O)CC(=O)C(=O)[O-]. The number of hydrogen-bond donors (Lipinski definition) is 1. The van der Waals surface area contributed by atoms with E-state index in [1.807, 2.05) is 0 Å². The second kappa shape index (κ2) is 4.36. The van der Waals surface area contributed by atoms with Gasteiger partial charge in [0.2, 0.25) is 0 Å². The van der Waals surface area contributed by atoms with Crippen LogP contribution >= 0.6 is 0 Å². The van der Waals surface area contributed by atoms with Gasteiger partial charge in [-0.3, -0.25) is 9.59 Å². The highest BCUT2D eigenvalue weighted by Gasteiger charge is 2.14. The molecule has 5 nitrogen and oxygen atoms in total. The number of hydrogen-bond acceptors (Lipinski definition) is 5. The zero-order chi connectivity index (χ0) is 11.4. The largest absolute Gasteiger partial charge is 0.542 e. The number of aliphatic carboxylic acids is 1. The molecule has 0 heterocycles. The maximum Gasteiger partial charge on any atom is 0.185 e. The maximum absolute atomic E-state index is 11.4. The summed E-state index contributed by atoms with van der Waals surface area (Å²) in [6.07, 6.45) is -0.726. The normalized spacial score (nSPS) is 9.60. The molecule has 1 aromatic rings. The number of rotatable bonds is 4. The van der Waals surface area contributed by atoms with Crippen LogP contribution in [0.3, 0.4) is 0 Å². The highest BCUT2D eigenvalue weighted by atomic mass is 16.4. The summed E-state index contributed by atoms with van der Waals surface area (Å²) in [4.78, 5) is 32.2. The molecule has 1 aromatic carbocycles. The number of anilines is 1. The first-order chi connectivity index (χ1) is 7.02. The summed E-state index contributed by atoms with van der Waals surface area (Å²) < 4.78 is 0. The number of Topliss-reactive ketones (excluding diaryl/α,β-unsaturated/α-hetero) is 2. The van der Waals surface area contributed by atoms with E-state index in [4.69, 9.17) is 5.73 Å². The molecule has 0 bridgehead atoms. The fourth-order valence-corrected chi connectivity index (χ4v) is 1.06. The predicted octanol–water partition coefficient (Wildman–Crippen LogP) is -0.839. The molecule has 0 aliphatic rings. The summed E-state index contributed by atoms with van der Waals surface area (Å²) in [5, 5.41) is 10.1. The Bertz CT molecular complexity index is 425. The number of carbonyl (C=O) groups is 3. The molecule has 0 aliphatic carbocycles. The van der Waals surface area contributed by atoms with Crippen molar-refractivity contribution in [1.29, 1.82) is 0 Å². The average Bonchev–Trinajstić information content (AvgIpc) is 2.18. The van der Waals surface area contributed by atoms with Gasteiger partial charge in [-0.25, -0.2) is 0 Å². The Balaban J connectivity index is 2.83. The van der Waals surface area contributed by atoms with Gasteiger partial charge in [-0.2, -0.15) is 0 Å². The molecule has 0 radical (unpaired) electrons. The van der Waals surface area contributed by atoms with Crippen LogP contribution in [-0.2, 0) is 9.59 Å². The van der Waals surface area contributed by atoms with Crippen molar-refractivity contribution in [3.63, 3.8) is 0 Å². The minimum Gasteiger partial charge on any atom is -0.542 e. The fraction of sp³-hybridized carbons (Fsp3) is 0.100. The van der Waals surface area contributed by atoms with Gasteiger partial charge in [0, 0.05) is 11.3 Å². The molecule has 78 valence electrons. The lowest BCUT2D eigenvalue weighted by molar-refractivity contribution is -0.299. The molecule has 0 atom stereocenters. The molecule has 0 aliphatic heterocycles. The Morgan fingerprint density at radius 1 is 1.20 bits per heavy atom. The maximum atomic E-state index is 11.4. The molecule has 0 unspecified atom stereocenters. The predicted molar refractivity (Wildman–Crippen MR) is 49.8 cm³/mol. The van der Waals surface area contributed by atoms with Crippen molar-refractivity contribution in [2.24, 2.45) is 0 Å². The fourth-order valence-electron chi connectivity index (χ4n) is 1.06. The molecule has 1 rings (SSSR count). The van der Waals surface area contributed by atoms with E-state index in [0.717, 1.165) is 0 Å². The number of carbonyl (C=O) groups excluding carboxylic acids is 3. The van der Waals surface area contributed by atoms with Gasteiger partial charge in [0.1, 0.15) is 5.97 Å². The van der Waals surface area contributed by atoms with Crippen molar-refractivity contribution < 1.29 is 19.5 Å². The van der Waals surface area contributed by atoms with E-state index in [1.165, 1.54) is 12.1 Å². The molecular formula is C10H8NO4-. The van der Waals surface area contributed by atoms with Crippen molar-refractivity contribution in [3.8, 4) is 0 Å². The lowest BCUT2D eigenvalue weighted by Crippen LogP contribution is -2.32. The van der Waals surface area contributed by atoms with E-state index < -0.39 is 24.0 Å². The van der Waals surface area contributed by atoms with Crippen LogP contribution in [0.15, 0.2) is 24.3 Å². The van der Waals surface area contributed by atoms with Gasteiger partial charge in [-0.05, 0) is 12.1 Å². The van der Waals surface area contributed by atoms with Crippen LogP contribution in [-0.4, -0.2) is 17.5 Å². The van der Waals surface area contributed by atoms with Gasteiger partial charge >= 0.3 is 0 Å². The first kappa shape index (κ1) is 10.9. The van der Waals surface area contributed by atoms with Crippen LogP contribution in [0.1, 0.15) is 16.8 Å². The highest BCUT2D eigenvalue weighted by molar-refractivity contribution is 6.36. The van der Waals surface area contributed by atoms with Crippen molar-refractivity contribution in [2.75, 3.05) is 5.73 Å². The van der Waals surface area contributed by atoms with Gasteiger partial charge in [-0.15, -0.1) is 0 Å². The van der Waals surface area contributed by atoms with E-state index >= 15 is 0 Å². The van der Waals surface area contributed by atoms with Crippen LogP contribution in [0, 0.1) is 0 Å². The summed E-state index contributed by atoms with van der Waals surface area (Å²) in [5.41, 5.74) is 5.84. The Morgan fingerprint density at radius 3 is 2.33 bits per heavy atom. The quantitative estimate of drug-likeness (QED) is 0.299. The highest BCUT2D eigenvalue weighted by Crippen LogP contribution is 2.12. The number of para-hydroxylation sites is 1. The number of nitrogen functional groups attached to an aromatic ring is 1. The van der Waals surface area contributed by atoms with Crippen LogP contribution in [0.5, 0.6) is 0 Å². The zero-order valence-corrected chi connectivity index (χ0v) is 7.73. The van der Waals surface area contributed by atoms with Crippen molar-refractivity contribution in [3.05, 3.63) is 29.8 Å². The minimum absolute atomic E-state index is 0.145. The van der Waals surface area contributed by atoms with E-state index in [9.17, 15) is 19.5 Å². The minimum atomic E-state index is -1.86. The smallest absolute Gasteiger partial charge is 0.185 e. The van der Waals surface area contributed by atoms with Gasteiger partial charge < -0.3 is 15.6 Å². The summed E-state index contributed by atoms with van der Waals surface area (Å²) >= 11 is 0. The third-order valence-electron chi connectivity index (χ3n) is 1.81. The number of carboxylic acid groups (broad SMARTS) is 1. The lowest BCUT2D eigenvalue weighted by Gasteiger charge is -2.03. The van der Waals surface area contributed by atoms with Gasteiger partial charge in [0.15, 0.2) is 11.6 Å². The van der Waals surface area contributed by atoms with E-state index in [0.29, 0.717) is 0 Å². The molecule has 0 saturated carbocycles. The lowest BCUT2D eigenvalue weighted by atomic mass is 10.0.